The molecule has 1 radical (unpaired) electrons. The second kappa shape index (κ2) is 4.29. The Morgan fingerprint density at radius 3 is 1.79 bits per heavy atom. The Hall–Kier alpha value is -1.99. The van der Waals surface area contributed by atoms with E-state index in [4.69, 9.17) is 0 Å². The Labute approximate surface area is 102 Å². The molecule has 0 atom stereocenters. The molecule has 1 aromatic carbocycles. The number of oxazole rings is 1. The van der Waals surface area contributed by atoms with Crippen LogP contribution < -0.4 is 0 Å². The minimum Gasteiger partial charge on any atom is -0.440 e. The van der Waals surface area contributed by atoms with E-state index in [0.29, 0.717) is 12.1 Å². The van der Waals surface area contributed by atoms with Gasteiger partial charge in [0, 0.05) is 5.56 Å². The summed E-state index contributed by atoms with van der Waals surface area (Å²) in [6.45, 7) is 0. The molecule has 0 aliphatic carbocycles. The molecule has 0 saturated carbocycles. The van der Waals surface area contributed by atoms with Gasteiger partial charge >= 0.3 is 12.4 Å². The van der Waals surface area contributed by atoms with E-state index in [1.807, 2.05) is 6.39 Å². The van der Waals surface area contributed by atoms with Crippen molar-refractivity contribution in [2.24, 2.45) is 0 Å². The van der Waals surface area contributed by atoms with Gasteiger partial charge in [-0.05, 0) is 18.2 Å². The van der Waals surface area contributed by atoms with Crippen LogP contribution in [0.25, 0.3) is 11.3 Å². The van der Waals surface area contributed by atoms with Crippen LogP contribution in [-0.2, 0) is 12.4 Å². The molecular formula is C11H4F6NO. The second-order valence-electron chi connectivity index (χ2n) is 3.62. The highest BCUT2D eigenvalue weighted by atomic mass is 19.4. The summed E-state index contributed by atoms with van der Waals surface area (Å²) in [4.78, 5) is 3.41. The van der Waals surface area contributed by atoms with Crippen molar-refractivity contribution >= 4 is 0 Å². The molecule has 0 N–H and O–H groups in total. The first-order valence-electron chi connectivity index (χ1n) is 4.79. The third-order valence-corrected chi connectivity index (χ3v) is 2.27. The van der Waals surface area contributed by atoms with Crippen molar-refractivity contribution in [2.75, 3.05) is 0 Å². The summed E-state index contributed by atoms with van der Waals surface area (Å²) < 4.78 is 79.8. The zero-order valence-corrected chi connectivity index (χ0v) is 8.93. The van der Waals surface area contributed by atoms with Crippen LogP contribution >= 0.6 is 0 Å². The maximum Gasteiger partial charge on any atom is 0.416 e. The van der Waals surface area contributed by atoms with Crippen molar-refractivity contribution in [2.45, 2.75) is 12.4 Å². The van der Waals surface area contributed by atoms with E-state index in [-0.39, 0.29) is 17.3 Å². The van der Waals surface area contributed by atoms with E-state index in [0.717, 1.165) is 6.26 Å². The van der Waals surface area contributed by atoms with Crippen molar-refractivity contribution in [1.82, 2.24) is 4.98 Å². The summed E-state index contributed by atoms with van der Waals surface area (Å²) >= 11 is 0. The number of rotatable bonds is 1. The van der Waals surface area contributed by atoms with Crippen LogP contribution in [0, 0.1) is 6.39 Å². The van der Waals surface area contributed by atoms with Crippen LogP contribution in [0.2, 0.25) is 0 Å². The standard InChI is InChI=1S/C11H4F6NO/c12-10(13,14)7-1-6(9-4-19-5-18-9)2-8(3-7)11(15,16)17/h1-4H. The van der Waals surface area contributed by atoms with E-state index >= 15 is 0 Å². The van der Waals surface area contributed by atoms with Gasteiger partial charge in [-0.25, -0.2) is 4.98 Å². The largest absolute Gasteiger partial charge is 0.440 e. The van der Waals surface area contributed by atoms with Gasteiger partial charge in [0.05, 0.1) is 11.1 Å². The highest BCUT2D eigenvalue weighted by Gasteiger charge is 2.37. The van der Waals surface area contributed by atoms with Crippen molar-refractivity contribution in [3.8, 4) is 11.3 Å². The van der Waals surface area contributed by atoms with Crippen molar-refractivity contribution < 1.29 is 30.8 Å². The molecule has 1 aromatic heterocycles. The molecule has 0 aliphatic rings. The Bertz CT molecular complexity index is 538. The van der Waals surface area contributed by atoms with E-state index in [2.05, 4.69) is 9.40 Å². The fraction of sp³-hybridized carbons (Fsp3) is 0.182. The summed E-state index contributed by atoms with van der Waals surface area (Å²) in [6.07, 6.45) is -6.90. The van der Waals surface area contributed by atoms with Gasteiger partial charge in [0.2, 0.25) is 0 Å². The van der Waals surface area contributed by atoms with E-state index in [1.165, 1.54) is 0 Å². The Morgan fingerprint density at radius 2 is 1.42 bits per heavy atom. The van der Waals surface area contributed by atoms with Gasteiger partial charge in [-0.2, -0.15) is 26.3 Å². The first-order valence-corrected chi connectivity index (χ1v) is 4.79. The van der Waals surface area contributed by atoms with Gasteiger partial charge in [-0.3, -0.25) is 0 Å². The molecule has 1 heterocycles. The zero-order valence-electron chi connectivity index (χ0n) is 8.93. The first kappa shape index (κ1) is 13.4. The van der Waals surface area contributed by atoms with Crippen LogP contribution in [-0.4, -0.2) is 4.98 Å². The Morgan fingerprint density at radius 1 is 0.895 bits per heavy atom. The molecule has 0 spiro atoms. The number of hydrogen-bond donors (Lipinski definition) is 0. The summed E-state index contributed by atoms with van der Waals surface area (Å²) in [5, 5.41) is 0. The molecule has 0 aliphatic heterocycles. The van der Waals surface area contributed by atoms with Gasteiger partial charge in [0.25, 0.3) is 6.39 Å². The topological polar surface area (TPSA) is 26.0 Å². The average molecular weight is 280 g/mol. The lowest BCUT2D eigenvalue weighted by Crippen LogP contribution is -2.11. The predicted octanol–water partition coefficient (Wildman–Crippen LogP) is 4.18. The van der Waals surface area contributed by atoms with Gasteiger partial charge in [0.15, 0.2) is 0 Å². The summed E-state index contributed by atoms with van der Waals surface area (Å²) in [5.74, 6) is 0. The highest BCUT2D eigenvalue weighted by molar-refractivity contribution is 5.60. The normalized spacial score (nSPS) is 12.7. The molecule has 101 valence electrons. The smallest absolute Gasteiger partial charge is 0.416 e. The van der Waals surface area contributed by atoms with Gasteiger partial charge in [-0.1, -0.05) is 0 Å². The molecule has 0 amide bonds. The predicted molar refractivity (Wildman–Crippen MR) is 50.8 cm³/mol. The molecule has 19 heavy (non-hydrogen) atoms. The number of nitrogens with zero attached hydrogens (tertiary/aromatic N) is 1. The maximum absolute atomic E-state index is 12.6. The quantitative estimate of drug-likeness (QED) is 0.732. The van der Waals surface area contributed by atoms with Crippen LogP contribution in [0.4, 0.5) is 26.3 Å². The Balaban J connectivity index is 2.62. The zero-order chi connectivity index (χ0) is 14.3. The molecule has 2 aromatic rings. The third kappa shape index (κ3) is 2.88. The van der Waals surface area contributed by atoms with Crippen molar-refractivity contribution in [3.05, 3.63) is 42.0 Å². The minimum absolute atomic E-state index is 0.0489. The first-order chi connectivity index (χ1) is 8.68. The summed E-state index contributed by atoms with van der Waals surface area (Å²) in [7, 11) is 0. The molecule has 0 bridgehead atoms. The van der Waals surface area contributed by atoms with Crippen molar-refractivity contribution in [1.29, 1.82) is 0 Å². The fourth-order valence-electron chi connectivity index (χ4n) is 1.42. The van der Waals surface area contributed by atoms with E-state index in [9.17, 15) is 26.3 Å². The van der Waals surface area contributed by atoms with Crippen LogP contribution in [0.1, 0.15) is 11.1 Å². The number of halogens is 6. The number of hydrogen-bond acceptors (Lipinski definition) is 2. The van der Waals surface area contributed by atoms with Crippen molar-refractivity contribution in [3.63, 3.8) is 0 Å². The van der Waals surface area contributed by atoms with Crippen LogP contribution in [0.3, 0.4) is 0 Å². The third-order valence-electron chi connectivity index (χ3n) is 2.27. The highest BCUT2D eigenvalue weighted by Crippen LogP contribution is 2.38. The number of aromatic nitrogens is 1. The van der Waals surface area contributed by atoms with E-state index < -0.39 is 23.5 Å². The van der Waals surface area contributed by atoms with Gasteiger partial charge in [-0.15, -0.1) is 0 Å². The average Bonchev–Trinajstić information content (AvgIpc) is 2.79. The molecule has 2 nitrogen and oxygen atoms in total. The lowest BCUT2D eigenvalue weighted by Gasteiger charge is -2.13. The van der Waals surface area contributed by atoms with E-state index in [1.54, 1.807) is 0 Å². The lowest BCUT2D eigenvalue weighted by atomic mass is 10.0. The molecular weight excluding hydrogens is 276 g/mol. The molecule has 8 heteroatoms. The molecule has 0 saturated heterocycles. The summed E-state index contributed by atoms with van der Waals surface area (Å²) in [5.41, 5.74) is -3.30. The maximum atomic E-state index is 12.6. The number of alkyl halides is 6. The second-order valence-corrected chi connectivity index (χ2v) is 3.62. The van der Waals surface area contributed by atoms with Gasteiger partial charge in [0.1, 0.15) is 12.0 Å². The molecule has 0 fully saturated rings. The molecule has 2 rings (SSSR count). The van der Waals surface area contributed by atoms with Crippen LogP contribution in [0.5, 0.6) is 0 Å². The lowest BCUT2D eigenvalue weighted by molar-refractivity contribution is -0.143. The monoisotopic (exact) mass is 280 g/mol. The fourth-order valence-corrected chi connectivity index (χ4v) is 1.42. The molecule has 0 unspecified atom stereocenters. The van der Waals surface area contributed by atoms with Crippen LogP contribution in [0.15, 0.2) is 28.9 Å². The van der Waals surface area contributed by atoms with Gasteiger partial charge < -0.3 is 4.42 Å². The summed E-state index contributed by atoms with van der Waals surface area (Å²) in [6, 6.07) is 1.19. The Kier molecular flexibility index (Phi) is 3.03. The number of benzene rings is 1. The minimum atomic E-state index is -4.89. The SMILES string of the molecule is FC(F)(F)c1cc(-c2co[c]n2)cc(C(F)(F)F)c1.